The number of amides is 1. The Balaban J connectivity index is 2.18. The van der Waals surface area contributed by atoms with Crippen molar-refractivity contribution in [3.63, 3.8) is 0 Å². The third-order valence-corrected chi connectivity index (χ3v) is 2.71. The maximum Gasteiger partial charge on any atom is 0.451 e. The van der Waals surface area contributed by atoms with Crippen LogP contribution in [0.25, 0.3) is 5.95 Å². The molecule has 2 aromatic rings. The summed E-state index contributed by atoms with van der Waals surface area (Å²) >= 11 is 0. The second-order valence-corrected chi connectivity index (χ2v) is 4.62. The molecule has 4 N–H and O–H groups in total. The first-order valence-electron chi connectivity index (χ1n) is 6.33. The number of carbonyl (C=O) groups is 1. The monoisotopic (exact) mass is 354 g/mol. The van der Waals surface area contributed by atoms with E-state index in [9.17, 15) is 26.7 Å². The number of nitrogens with two attached hydrogens (primary N) is 1. The molecule has 0 aromatic carbocycles. The zero-order chi connectivity index (χ0) is 18.1. The Kier molecular flexibility index (Phi) is 4.50. The summed E-state index contributed by atoms with van der Waals surface area (Å²) in [5.74, 6) is -6.76. The van der Waals surface area contributed by atoms with Crippen LogP contribution in [0.1, 0.15) is 22.3 Å². The molecular weight excluding hydrogens is 343 g/mol. The summed E-state index contributed by atoms with van der Waals surface area (Å²) in [6, 6.07) is 0. The molecule has 132 valence electrons. The molecule has 24 heavy (non-hydrogen) atoms. The number of alkyl halides is 5. The van der Waals surface area contributed by atoms with E-state index in [1.807, 2.05) is 5.32 Å². The van der Waals surface area contributed by atoms with E-state index in [1.54, 1.807) is 5.10 Å². The fourth-order valence-corrected chi connectivity index (χ4v) is 1.51. The zero-order valence-electron chi connectivity index (χ0n) is 12.0. The van der Waals surface area contributed by atoms with Gasteiger partial charge in [-0.2, -0.15) is 22.8 Å². The van der Waals surface area contributed by atoms with Crippen LogP contribution in [0.5, 0.6) is 0 Å². The van der Waals surface area contributed by atoms with E-state index >= 15 is 0 Å². The molecule has 0 unspecified atom stereocenters. The Labute approximate surface area is 130 Å². The van der Waals surface area contributed by atoms with Crippen LogP contribution >= 0.6 is 0 Å². The van der Waals surface area contributed by atoms with E-state index < -0.39 is 48.7 Å². The number of hydrogen-bond acceptors (Lipinski definition) is 6. The highest BCUT2D eigenvalue weighted by Crippen LogP contribution is 2.26. The Morgan fingerprint density at radius 3 is 2.50 bits per heavy atom. The number of hydrogen-bond donors (Lipinski definition) is 3. The lowest BCUT2D eigenvalue weighted by atomic mass is 10.3. The topological polar surface area (TPSA) is 127 Å². The van der Waals surface area contributed by atoms with E-state index in [0.717, 1.165) is 4.68 Å². The largest absolute Gasteiger partial charge is 0.451 e. The highest BCUT2D eigenvalue weighted by Gasteiger charge is 2.36. The van der Waals surface area contributed by atoms with Gasteiger partial charge >= 0.3 is 6.18 Å². The normalized spacial score (nSPS) is 12.5. The Morgan fingerprint density at radius 2 is 1.96 bits per heavy atom. The molecule has 0 spiro atoms. The standard InChI is InChI=1S/C10H11F5N8O/c1-4-18-5(6(24)17-3-9(11,12)2-16)22-23(4)8-19-7(20-21-8)10(13,14)15/h2-3,16H2,1H3,(H,17,24)(H,19,20,21). The molecular formula is C10H11F5N8O. The molecule has 1 amide bonds. The quantitative estimate of drug-likeness (QED) is 0.651. The second kappa shape index (κ2) is 6.10. The molecule has 14 heteroatoms. The van der Waals surface area contributed by atoms with Crippen LogP contribution in [-0.4, -0.2) is 54.9 Å². The van der Waals surface area contributed by atoms with Crippen molar-refractivity contribution in [3.05, 3.63) is 17.5 Å². The summed E-state index contributed by atoms with van der Waals surface area (Å²) < 4.78 is 64.1. The van der Waals surface area contributed by atoms with Crippen LogP contribution in [-0.2, 0) is 6.18 Å². The molecule has 0 saturated carbocycles. The number of nitrogens with zero attached hydrogens (tertiary/aromatic N) is 5. The van der Waals surface area contributed by atoms with Crippen molar-refractivity contribution in [2.45, 2.75) is 19.0 Å². The molecule has 9 nitrogen and oxygen atoms in total. The van der Waals surface area contributed by atoms with Crippen molar-refractivity contribution in [2.24, 2.45) is 5.73 Å². The molecule has 2 heterocycles. The molecule has 2 rings (SSSR count). The van der Waals surface area contributed by atoms with Crippen molar-refractivity contribution in [1.29, 1.82) is 0 Å². The van der Waals surface area contributed by atoms with Gasteiger partial charge in [0.2, 0.25) is 11.6 Å². The molecule has 0 aliphatic rings. The van der Waals surface area contributed by atoms with Crippen LogP contribution in [0.3, 0.4) is 0 Å². The third kappa shape index (κ3) is 3.81. The molecule has 0 radical (unpaired) electrons. The highest BCUT2D eigenvalue weighted by molar-refractivity contribution is 5.90. The van der Waals surface area contributed by atoms with Crippen molar-refractivity contribution < 1.29 is 26.7 Å². The smallest absolute Gasteiger partial charge is 0.343 e. The van der Waals surface area contributed by atoms with Crippen molar-refractivity contribution in [2.75, 3.05) is 13.1 Å². The van der Waals surface area contributed by atoms with E-state index in [0.29, 0.717) is 0 Å². The van der Waals surface area contributed by atoms with Gasteiger partial charge in [-0.3, -0.25) is 9.89 Å². The minimum Gasteiger partial charge on any atom is -0.343 e. The number of aromatic nitrogens is 6. The minimum atomic E-state index is -4.74. The third-order valence-electron chi connectivity index (χ3n) is 2.71. The molecule has 0 atom stereocenters. The number of carbonyl (C=O) groups excluding carboxylic acids is 1. The van der Waals surface area contributed by atoms with E-state index in [4.69, 9.17) is 5.73 Å². The van der Waals surface area contributed by atoms with Gasteiger partial charge in [-0.1, -0.05) is 0 Å². The van der Waals surface area contributed by atoms with Gasteiger partial charge in [-0.25, -0.2) is 13.8 Å². The average Bonchev–Trinajstić information content (AvgIpc) is 3.10. The fourth-order valence-electron chi connectivity index (χ4n) is 1.51. The van der Waals surface area contributed by atoms with Crippen LogP contribution < -0.4 is 11.1 Å². The number of H-pyrrole nitrogens is 1. The number of aromatic amines is 1. The van der Waals surface area contributed by atoms with Crippen molar-refractivity contribution >= 4 is 5.91 Å². The van der Waals surface area contributed by atoms with Gasteiger partial charge in [-0.05, 0) is 6.92 Å². The summed E-state index contributed by atoms with van der Waals surface area (Å²) in [5, 5.41) is 10.5. The van der Waals surface area contributed by atoms with Crippen LogP contribution in [0, 0.1) is 6.92 Å². The van der Waals surface area contributed by atoms with Crippen molar-refractivity contribution in [1.82, 2.24) is 35.3 Å². The second-order valence-electron chi connectivity index (χ2n) is 4.62. The van der Waals surface area contributed by atoms with Crippen LogP contribution in [0.2, 0.25) is 0 Å². The summed E-state index contributed by atoms with van der Waals surface area (Å²) in [6.45, 7) is -0.678. The van der Waals surface area contributed by atoms with E-state index in [-0.39, 0.29) is 5.82 Å². The molecule has 0 bridgehead atoms. The zero-order valence-corrected chi connectivity index (χ0v) is 12.0. The number of nitrogens with one attached hydrogen (secondary N) is 2. The lowest BCUT2D eigenvalue weighted by Crippen LogP contribution is -2.41. The van der Waals surface area contributed by atoms with Gasteiger partial charge in [0.05, 0.1) is 13.1 Å². The van der Waals surface area contributed by atoms with Gasteiger partial charge in [0.1, 0.15) is 5.82 Å². The van der Waals surface area contributed by atoms with E-state index in [2.05, 4.69) is 20.2 Å². The van der Waals surface area contributed by atoms with Gasteiger partial charge < -0.3 is 11.1 Å². The van der Waals surface area contributed by atoms with Crippen molar-refractivity contribution in [3.8, 4) is 5.95 Å². The Morgan fingerprint density at radius 1 is 1.29 bits per heavy atom. The summed E-state index contributed by atoms with van der Waals surface area (Å²) in [7, 11) is 0. The van der Waals surface area contributed by atoms with Gasteiger partial charge in [-0.15, -0.1) is 10.2 Å². The summed E-state index contributed by atoms with van der Waals surface area (Å²) in [4.78, 5) is 18.6. The molecule has 0 aliphatic heterocycles. The fraction of sp³-hybridized carbons (Fsp3) is 0.500. The molecule has 0 saturated heterocycles. The first kappa shape index (κ1) is 17.7. The number of rotatable bonds is 5. The number of aryl methyl sites for hydroxylation is 1. The van der Waals surface area contributed by atoms with Crippen LogP contribution in [0.4, 0.5) is 22.0 Å². The molecule has 0 fully saturated rings. The summed E-state index contributed by atoms with van der Waals surface area (Å²) in [5.41, 5.74) is 4.82. The van der Waals surface area contributed by atoms with Gasteiger partial charge in [0.15, 0.2) is 0 Å². The predicted molar refractivity (Wildman–Crippen MR) is 67.4 cm³/mol. The molecule has 2 aromatic heterocycles. The maximum atomic E-state index is 13.0. The minimum absolute atomic E-state index is 0.0153. The van der Waals surface area contributed by atoms with Crippen LogP contribution in [0.15, 0.2) is 0 Å². The first-order chi connectivity index (χ1) is 11.0. The van der Waals surface area contributed by atoms with Gasteiger partial charge in [0, 0.05) is 0 Å². The Hall–Kier alpha value is -2.64. The highest BCUT2D eigenvalue weighted by atomic mass is 19.4. The van der Waals surface area contributed by atoms with E-state index in [1.165, 1.54) is 6.92 Å². The number of halogens is 5. The SMILES string of the molecule is Cc1nc(C(=O)NCC(F)(F)CN)nn1-c1n[nH]c(C(F)(F)F)n1. The molecule has 0 aliphatic carbocycles. The first-order valence-corrected chi connectivity index (χ1v) is 6.33. The summed E-state index contributed by atoms with van der Waals surface area (Å²) in [6.07, 6.45) is -4.74. The average molecular weight is 354 g/mol. The van der Waals surface area contributed by atoms with Gasteiger partial charge in [0.25, 0.3) is 17.8 Å². The maximum absolute atomic E-state index is 13.0. The Bertz CT molecular complexity index is 736. The lowest BCUT2D eigenvalue weighted by molar-refractivity contribution is -0.144. The lowest BCUT2D eigenvalue weighted by Gasteiger charge is -2.13. The predicted octanol–water partition coefficient (Wildman–Crippen LogP) is 0.0364.